The highest BCUT2D eigenvalue weighted by Crippen LogP contribution is 2.25. The molecule has 0 saturated heterocycles. The summed E-state index contributed by atoms with van der Waals surface area (Å²) in [6.07, 6.45) is 0. The molecule has 0 heterocycles. The molecule has 0 unspecified atom stereocenters. The summed E-state index contributed by atoms with van der Waals surface area (Å²) in [5.41, 5.74) is 7.18. The van der Waals surface area contributed by atoms with Crippen molar-refractivity contribution >= 4 is 34.9 Å². The van der Waals surface area contributed by atoms with Crippen molar-refractivity contribution in [1.82, 2.24) is 5.32 Å². The van der Waals surface area contributed by atoms with Gasteiger partial charge in [-0.25, -0.2) is 0 Å². The third-order valence-electron chi connectivity index (χ3n) is 2.60. The molecule has 0 saturated carbocycles. The molecule has 0 aliphatic rings. The van der Waals surface area contributed by atoms with Crippen molar-refractivity contribution in [3.05, 3.63) is 44.3 Å². The van der Waals surface area contributed by atoms with E-state index in [1.165, 1.54) is 19.9 Å². The summed E-state index contributed by atoms with van der Waals surface area (Å²) in [7, 11) is 0. The average Bonchev–Trinajstić information content (AvgIpc) is 2.38. The number of hydrogen-bond acceptors (Lipinski definition) is 3. The normalized spacial score (nSPS) is 10.6. The lowest BCUT2D eigenvalue weighted by molar-refractivity contribution is -0.122. The first-order chi connectivity index (χ1) is 9.29. The highest BCUT2D eigenvalue weighted by atomic mass is 35.5. The molecular formula is C12H12Cl2N4O2. The topological polar surface area (TPSA) is 94.9 Å². The van der Waals surface area contributed by atoms with Crippen LogP contribution in [0.5, 0.6) is 0 Å². The summed E-state index contributed by atoms with van der Waals surface area (Å²) in [5, 5.41) is 6.08. The molecule has 0 bridgehead atoms. The Labute approximate surface area is 125 Å². The van der Waals surface area contributed by atoms with E-state index in [4.69, 9.17) is 28.7 Å². The third kappa shape index (κ3) is 3.87. The van der Waals surface area contributed by atoms with Crippen LogP contribution >= 0.6 is 23.2 Å². The predicted molar refractivity (Wildman–Crippen MR) is 77.0 cm³/mol. The second kappa shape index (κ2) is 6.61. The molecule has 0 aromatic heterocycles. The average molecular weight is 315 g/mol. The lowest BCUT2D eigenvalue weighted by atomic mass is 9.98. The van der Waals surface area contributed by atoms with E-state index in [0.29, 0.717) is 0 Å². The summed E-state index contributed by atoms with van der Waals surface area (Å²) in [6, 6.07) is 4.63. The van der Waals surface area contributed by atoms with Crippen LogP contribution in [0, 0.1) is 0 Å². The van der Waals surface area contributed by atoms with Crippen LogP contribution in [-0.4, -0.2) is 23.8 Å². The molecule has 0 fully saturated rings. The summed E-state index contributed by atoms with van der Waals surface area (Å²) >= 11 is 11.8. The zero-order chi connectivity index (χ0) is 15.3. The summed E-state index contributed by atoms with van der Waals surface area (Å²) in [4.78, 5) is 26.4. The number of carbonyl (C=O) groups is 2. The zero-order valence-electron chi connectivity index (χ0n) is 10.9. The molecule has 6 nitrogen and oxygen atoms in total. The minimum Gasteiger partial charge on any atom is -0.340 e. The monoisotopic (exact) mass is 314 g/mol. The largest absolute Gasteiger partial charge is 0.340 e. The fraction of sp³-hybridized carbons (Fsp3) is 0.333. The van der Waals surface area contributed by atoms with Gasteiger partial charge >= 0.3 is 0 Å². The number of hydrogen-bond donors (Lipinski definition) is 1. The number of nitrogens with zero attached hydrogens (tertiary/aromatic N) is 3. The van der Waals surface area contributed by atoms with Crippen molar-refractivity contribution in [1.29, 1.82) is 0 Å². The van der Waals surface area contributed by atoms with E-state index in [1.807, 2.05) is 0 Å². The Bertz CT molecular complexity index is 595. The van der Waals surface area contributed by atoms with Gasteiger partial charge in [0.2, 0.25) is 0 Å². The van der Waals surface area contributed by atoms with Gasteiger partial charge in [-0.2, -0.15) is 0 Å². The van der Waals surface area contributed by atoms with E-state index in [-0.39, 0.29) is 22.2 Å². The van der Waals surface area contributed by atoms with E-state index in [2.05, 4.69) is 15.3 Å². The van der Waals surface area contributed by atoms with Crippen molar-refractivity contribution in [3.63, 3.8) is 0 Å². The minimum atomic E-state index is -1.18. The molecule has 1 aromatic rings. The first kappa shape index (κ1) is 16.3. The fourth-order valence-electron chi connectivity index (χ4n) is 1.39. The van der Waals surface area contributed by atoms with E-state index in [9.17, 15) is 9.59 Å². The molecule has 0 aliphatic heterocycles. The first-order valence-corrected chi connectivity index (χ1v) is 6.36. The number of benzene rings is 1. The van der Waals surface area contributed by atoms with Crippen LogP contribution in [0.3, 0.4) is 0 Å². The molecular weight excluding hydrogens is 303 g/mol. The molecule has 0 atom stereocenters. The Morgan fingerprint density at radius 3 is 2.65 bits per heavy atom. The quantitative estimate of drug-likeness (QED) is 0.512. The standard InChI is InChI=1S/C12H12Cl2N4O2/c1-12(2,9(19)6-16-18-15)17-11(20)7-4-3-5-8(13)10(7)14/h3-5H,6H2,1-2H3,(H,17,20). The van der Waals surface area contributed by atoms with Crippen LogP contribution in [-0.2, 0) is 4.79 Å². The maximum absolute atomic E-state index is 12.1. The summed E-state index contributed by atoms with van der Waals surface area (Å²) < 4.78 is 0. The van der Waals surface area contributed by atoms with Crippen LogP contribution < -0.4 is 5.32 Å². The van der Waals surface area contributed by atoms with Crippen molar-refractivity contribution in [2.75, 3.05) is 6.54 Å². The maximum Gasteiger partial charge on any atom is 0.253 e. The second-order valence-electron chi connectivity index (χ2n) is 4.49. The number of rotatable bonds is 5. The van der Waals surface area contributed by atoms with Crippen molar-refractivity contribution in [2.45, 2.75) is 19.4 Å². The Morgan fingerprint density at radius 1 is 1.40 bits per heavy atom. The lowest BCUT2D eigenvalue weighted by Crippen LogP contribution is -2.50. The summed E-state index contributed by atoms with van der Waals surface area (Å²) in [5.74, 6) is -0.946. The smallest absolute Gasteiger partial charge is 0.253 e. The minimum absolute atomic E-state index is 0.116. The van der Waals surface area contributed by atoms with Crippen LogP contribution in [0.4, 0.5) is 0 Å². The maximum atomic E-state index is 12.1. The Kier molecular flexibility index (Phi) is 5.39. The Balaban J connectivity index is 2.91. The van der Waals surface area contributed by atoms with Crippen molar-refractivity contribution in [3.8, 4) is 0 Å². The number of azide groups is 1. The van der Waals surface area contributed by atoms with E-state index in [1.54, 1.807) is 12.1 Å². The molecule has 0 radical (unpaired) electrons. The van der Waals surface area contributed by atoms with E-state index in [0.717, 1.165) is 0 Å². The molecule has 1 N–H and O–H groups in total. The molecule has 20 heavy (non-hydrogen) atoms. The molecule has 1 aromatic carbocycles. The lowest BCUT2D eigenvalue weighted by Gasteiger charge is -2.24. The first-order valence-electron chi connectivity index (χ1n) is 5.60. The molecule has 1 amide bonds. The van der Waals surface area contributed by atoms with E-state index < -0.39 is 17.2 Å². The second-order valence-corrected chi connectivity index (χ2v) is 5.28. The predicted octanol–water partition coefficient (Wildman–Crippen LogP) is 3.38. The van der Waals surface area contributed by atoms with E-state index >= 15 is 0 Å². The van der Waals surface area contributed by atoms with Crippen molar-refractivity contribution < 1.29 is 9.59 Å². The van der Waals surface area contributed by atoms with Gasteiger partial charge in [-0.3, -0.25) is 9.59 Å². The zero-order valence-corrected chi connectivity index (χ0v) is 12.4. The Morgan fingerprint density at radius 2 is 2.05 bits per heavy atom. The van der Waals surface area contributed by atoms with Gasteiger partial charge in [0.1, 0.15) is 0 Å². The number of halogens is 2. The molecule has 8 heteroatoms. The highest BCUT2D eigenvalue weighted by molar-refractivity contribution is 6.43. The van der Waals surface area contributed by atoms with Gasteiger partial charge in [0.15, 0.2) is 5.78 Å². The molecule has 0 spiro atoms. The van der Waals surface area contributed by atoms with Gasteiger partial charge in [-0.15, -0.1) is 0 Å². The van der Waals surface area contributed by atoms with Crippen molar-refractivity contribution in [2.24, 2.45) is 5.11 Å². The number of carbonyl (C=O) groups excluding carboxylic acids is 2. The van der Waals surface area contributed by atoms with Gasteiger partial charge in [-0.1, -0.05) is 34.4 Å². The Hall–Kier alpha value is -1.75. The number of amides is 1. The van der Waals surface area contributed by atoms with Gasteiger partial charge in [-0.05, 0) is 31.5 Å². The molecule has 0 aliphatic carbocycles. The third-order valence-corrected chi connectivity index (χ3v) is 3.42. The number of nitrogens with one attached hydrogen (secondary N) is 1. The summed E-state index contributed by atoms with van der Waals surface area (Å²) in [6.45, 7) is 2.68. The number of ketones is 1. The molecule has 106 valence electrons. The van der Waals surface area contributed by atoms with Crippen LogP contribution in [0.25, 0.3) is 10.4 Å². The fourth-order valence-corrected chi connectivity index (χ4v) is 1.78. The van der Waals surface area contributed by atoms with Crippen LogP contribution in [0.1, 0.15) is 24.2 Å². The molecule has 1 rings (SSSR count). The highest BCUT2D eigenvalue weighted by Gasteiger charge is 2.29. The van der Waals surface area contributed by atoms with Gasteiger partial charge in [0.25, 0.3) is 5.91 Å². The SMILES string of the molecule is CC(C)(NC(=O)c1cccc(Cl)c1Cl)C(=O)CN=[N+]=[N-]. The van der Waals surface area contributed by atoms with Gasteiger partial charge in [0, 0.05) is 4.91 Å². The van der Waals surface area contributed by atoms with Crippen LogP contribution in [0.2, 0.25) is 10.0 Å². The van der Waals surface area contributed by atoms with Gasteiger partial charge < -0.3 is 5.32 Å². The van der Waals surface area contributed by atoms with Gasteiger partial charge in [0.05, 0.1) is 27.7 Å². The van der Waals surface area contributed by atoms with Crippen LogP contribution in [0.15, 0.2) is 23.3 Å². The number of Topliss-reactive ketones (excluding diaryl/α,β-unsaturated/α-hetero) is 1.